The monoisotopic (exact) mass is 164 g/mol. The molecule has 1 rings (SSSR count). The quantitative estimate of drug-likeness (QED) is 0.361. The van der Waals surface area contributed by atoms with Crippen molar-refractivity contribution in [2.45, 2.75) is 24.4 Å². The zero-order valence-electron chi connectivity index (χ0n) is 5.92. The summed E-state index contributed by atoms with van der Waals surface area (Å²) in [5.74, 6) is 0. The van der Waals surface area contributed by atoms with Crippen molar-refractivity contribution in [1.29, 1.82) is 0 Å². The van der Waals surface area contributed by atoms with Crippen molar-refractivity contribution >= 4 is 0 Å². The summed E-state index contributed by atoms with van der Waals surface area (Å²) in [4.78, 5) is 0. The Morgan fingerprint density at radius 3 is 1.45 bits per heavy atom. The maximum absolute atomic E-state index is 9.11. The molecule has 0 saturated carbocycles. The lowest BCUT2D eigenvalue weighted by molar-refractivity contribution is -0.0395. The number of hydrogen-bond donors (Lipinski definition) is 4. The topological polar surface area (TPSA) is 90.2 Å². The van der Waals surface area contributed by atoms with Crippen molar-refractivity contribution in [2.75, 3.05) is 13.2 Å². The fourth-order valence-electron chi connectivity index (χ4n) is 1.13. The van der Waals surface area contributed by atoms with Gasteiger partial charge in [-0.15, -0.1) is 0 Å². The zero-order chi connectivity index (χ0) is 8.43. The third-order valence-electron chi connectivity index (χ3n) is 1.82. The van der Waals surface area contributed by atoms with Crippen LogP contribution >= 0.6 is 0 Å². The highest BCUT2D eigenvalue weighted by Crippen LogP contribution is 2.20. The molecule has 0 amide bonds. The lowest BCUT2D eigenvalue weighted by Gasteiger charge is -2.10. The molecule has 0 bridgehead atoms. The van der Waals surface area contributed by atoms with Gasteiger partial charge in [-0.1, -0.05) is 0 Å². The van der Waals surface area contributed by atoms with Gasteiger partial charge in [-0.2, -0.15) is 0 Å². The lowest BCUT2D eigenvalue weighted by atomic mass is 10.1. The van der Waals surface area contributed by atoms with E-state index in [1.807, 2.05) is 0 Å². The molecule has 1 unspecified atom stereocenters. The maximum Gasteiger partial charge on any atom is 0.111 e. The van der Waals surface area contributed by atoms with E-state index in [0.29, 0.717) is 0 Å². The summed E-state index contributed by atoms with van der Waals surface area (Å²) in [7, 11) is 0. The second-order valence-electron chi connectivity index (χ2n) is 2.56. The molecule has 0 aromatic carbocycles. The summed E-state index contributed by atoms with van der Waals surface area (Å²) in [6.45, 7) is -0.705. The van der Waals surface area contributed by atoms with Gasteiger partial charge in [-0.05, 0) is 0 Å². The van der Waals surface area contributed by atoms with E-state index in [0.717, 1.165) is 0 Å². The first-order valence-corrected chi connectivity index (χ1v) is 3.44. The highest BCUT2D eigenvalue weighted by Gasteiger charge is 2.41. The van der Waals surface area contributed by atoms with Crippen LogP contribution in [0.2, 0.25) is 0 Å². The number of ether oxygens (including phenoxy) is 1. The molecule has 0 aromatic heterocycles. The lowest BCUT2D eigenvalue weighted by Crippen LogP contribution is -2.34. The van der Waals surface area contributed by atoms with Crippen LogP contribution in [0.15, 0.2) is 0 Å². The average Bonchev–Trinajstić information content (AvgIpc) is 2.30. The number of aliphatic hydroxyl groups is 4. The number of aliphatic hydroxyl groups excluding tert-OH is 4. The van der Waals surface area contributed by atoms with Gasteiger partial charge in [0.25, 0.3) is 0 Å². The molecule has 1 fully saturated rings. The molecular weight excluding hydrogens is 152 g/mol. The first kappa shape index (κ1) is 8.89. The molecule has 0 radical (unpaired) electrons. The molecule has 0 aliphatic carbocycles. The van der Waals surface area contributed by atoms with Gasteiger partial charge in [0.05, 0.1) is 13.2 Å². The second-order valence-corrected chi connectivity index (χ2v) is 2.56. The highest BCUT2D eigenvalue weighted by molar-refractivity contribution is 4.89. The van der Waals surface area contributed by atoms with Crippen LogP contribution < -0.4 is 0 Å². The fourth-order valence-corrected chi connectivity index (χ4v) is 1.13. The molecular formula is C6H12O5. The molecule has 5 nitrogen and oxygen atoms in total. The van der Waals surface area contributed by atoms with Gasteiger partial charge in [-0.3, -0.25) is 0 Å². The predicted octanol–water partition coefficient (Wildman–Crippen LogP) is -2.54. The molecule has 66 valence electrons. The molecule has 5 heteroatoms. The summed E-state index contributed by atoms with van der Waals surface area (Å²) in [5.41, 5.74) is 0. The molecule has 0 spiro atoms. The van der Waals surface area contributed by atoms with Gasteiger partial charge in [0.2, 0.25) is 0 Å². The maximum atomic E-state index is 9.11. The molecule has 1 heterocycles. The minimum Gasteiger partial charge on any atom is -0.394 e. The molecule has 1 aliphatic rings. The molecule has 1 aliphatic heterocycles. The third-order valence-corrected chi connectivity index (χ3v) is 1.82. The number of rotatable bonds is 2. The van der Waals surface area contributed by atoms with Gasteiger partial charge in [-0.25, -0.2) is 0 Å². The van der Waals surface area contributed by atoms with E-state index in [9.17, 15) is 0 Å². The Hall–Kier alpha value is -0.200. The fraction of sp³-hybridized carbons (Fsp3) is 1.00. The van der Waals surface area contributed by atoms with Gasteiger partial charge in [0.1, 0.15) is 24.4 Å². The second kappa shape index (κ2) is 3.46. The molecule has 4 atom stereocenters. The Bertz CT molecular complexity index is 110. The smallest absolute Gasteiger partial charge is 0.111 e. The van der Waals surface area contributed by atoms with E-state index in [1.54, 1.807) is 0 Å². The molecule has 11 heavy (non-hydrogen) atoms. The Morgan fingerprint density at radius 1 is 0.909 bits per heavy atom. The number of hydrogen-bond acceptors (Lipinski definition) is 5. The molecule has 1 saturated heterocycles. The van der Waals surface area contributed by atoms with Crippen LogP contribution in [0.5, 0.6) is 0 Å². The largest absolute Gasteiger partial charge is 0.394 e. The van der Waals surface area contributed by atoms with E-state index >= 15 is 0 Å². The van der Waals surface area contributed by atoms with Crippen molar-refractivity contribution in [3.05, 3.63) is 0 Å². The van der Waals surface area contributed by atoms with Crippen LogP contribution in [0.4, 0.5) is 0 Å². The van der Waals surface area contributed by atoms with Crippen LogP contribution in [0.1, 0.15) is 0 Å². The summed E-state index contributed by atoms with van der Waals surface area (Å²) in [6, 6.07) is 0. The standard InChI is InChI=1S/C6H12O5/c7-1-3-5(9)6(10)4(2-8)11-3/h3-10H,1-2H2/t3-,4-,5+,6?/m0/s1. The summed E-state index contributed by atoms with van der Waals surface area (Å²) in [6.07, 6.45) is -3.75. The molecule has 0 aromatic rings. The SMILES string of the molecule is OC[C@@H]1O[C@@H](CO)[C@@H](O)C1O. The van der Waals surface area contributed by atoms with Crippen LogP contribution in [-0.2, 0) is 4.74 Å². The minimum absolute atomic E-state index is 0.352. The van der Waals surface area contributed by atoms with E-state index in [1.165, 1.54) is 0 Å². The van der Waals surface area contributed by atoms with Gasteiger partial charge < -0.3 is 25.2 Å². The Morgan fingerprint density at radius 2 is 1.27 bits per heavy atom. The normalized spacial score (nSPS) is 44.7. The predicted molar refractivity (Wildman–Crippen MR) is 34.8 cm³/mol. The van der Waals surface area contributed by atoms with Crippen molar-refractivity contribution < 1.29 is 25.2 Å². The van der Waals surface area contributed by atoms with Crippen molar-refractivity contribution in [2.24, 2.45) is 0 Å². The van der Waals surface area contributed by atoms with E-state index in [2.05, 4.69) is 0 Å². The van der Waals surface area contributed by atoms with E-state index in [-0.39, 0.29) is 13.2 Å². The third kappa shape index (κ3) is 1.52. The van der Waals surface area contributed by atoms with E-state index < -0.39 is 24.4 Å². The Kier molecular flexibility index (Phi) is 2.80. The first-order chi connectivity index (χ1) is 5.20. The summed E-state index contributed by atoms with van der Waals surface area (Å²) >= 11 is 0. The summed E-state index contributed by atoms with van der Waals surface area (Å²) in [5, 5.41) is 35.4. The Balaban J connectivity index is 2.53. The van der Waals surface area contributed by atoms with Crippen LogP contribution in [-0.4, -0.2) is 58.1 Å². The first-order valence-electron chi connectivity index (χ1n) is 3.44. The van der Waals surface area contributed by atoms with E-state index in [4.69, 9.17) is 25.2 Å². The molecule has 4 N–H and O–H groups in total. The summed E-state index contributed by atoms with van der Waals surface area (Å²) < 4.78 is 4.88. The van der Waals surface area contributed by atoms with Crippen LogP contribution in [0.25, 0.3) is 0 Å². The zero-order valence-corrected chi connectivity index (χ0v) is 5.92. The van der Waals surface area contributed by atoms with Gasteiger partial charge >= 0.3 is 0 Å². The van der Waals surface area contributed by atoms with Crippen molar-refractivity contribution in [3.8, 4) is 0 Å². The van der Waals surface area contributed by atoms with Crippen molar-refractivity contribution in [3.63, 3.8) is 0 Å². The minimum atomic E-state index is -1.10. The van der Waals surface area contributed by atoms with Crippen LogP contribution in [0.3, 0.4) is 0 Å². The van der Waals surface area contributed by atoms with Gasteiger partial charge in [0.15, 0.2) is 0 Å². The highest BCUT2D eigenvalue weighted by atomic mass is 16.6. The Labute approximate surface area is 63.8 Å². The average molecular weight is 164 g/mol. The van der Waals surface area contributed by atoms with Crippen molar-refractivity contribution in [1.82, 2.24) is 0 Å². The van der Waals surface area contributed by atoms with Gasteiger partial charge in [0, 0.05) is 0 Å². The van der Waals surface area contributed by atoms with Crippen LogP contribution in [0, 0.1) is 0 Å².